The third kappa shape index (κ3) is 8.79. The first-order valence-corrected chi connectivity index (χ1v) is 7.19. The average Bonchev–Trinajstić information content (AvgIpc) is 2.20. The molecule has 0 rings (SSSR count). The second kappa shape index (κ2) is 8.26. The van der Waals surface area contributed by atoms with Gasteiger partial charge in [-0.25, -0.2) is 9.59 Å². The summed E-state index contributed by atoms with van der Waals surface area (Å²) in [6.45, 7) is 5.62. The molecule has 0 aliphatic heterocycles. The van der Waals surface area contributed by atoms with E-state index < -0.39 is 14.1 Å². The van der Waals surface area contributed by atoms with E-state index in [1.165, 1.54) is 0 Å². The van der Waals surface area contributed by atoms with Gasteiger partial charge in [0.2, 0.25) is 2.14 Å². The number of ether oxygens (including phenoxy) is 2. The smallest absolute Gasteiger partial charge is 0.344 e. The lowest BCUT2D eigenvalue weighted by Crippen LogP contribution is -2.20. The number of halogens is 3. The van der Waals surface area contributed by atoms with Crippen molar-refractivity contribution in [3.05, 3.63) is 12.2 Å². The van der Waals surface area contributed by atoms with Crippen LogP contribution in [0.2, 0.25) is 0 Å². The Morgan fingerprint density at radius 1 is 1.12 bits per heavy atom. The molecule has 0 saturated heterocycles. The van der Waals surface area contributed by atoms with E-state index in [1.54, 1.807) is 6.92 Å². The Kier molecular flexibility index (Phi) is 8.32. The number of alkyl halides is 3. The summed E-state index contributed by atoms with van der Waals surface area (Å²) in [7, 11) is 0. The van der Waals surface area contributed by atoms with Crippen LogP contribution in [-0.4, -0.2) is 27.3 Å². The summed E-state index contributed by atoms with van der Waals surface area (Å²) in [5.41, 5.74) is 0.374. The Morgan fingerprint density at radius 2 is 1.59 bits per heavy atom. The Labute approximate surface area is 125 Å². The molecule has 0 aromatic carbocycles. The molecule has 0 aliphatic carbocycles. The van der Waals surface area contributed by atoms with Crippen LogP contribution in [0.15, 0.2) is 12.2 Å². The van der Waals surface area contributed by atoms with Crippen molar-refractivity contribution in [2.75, 3.05) is 13.2 Å². The van der Waals surface area contributed by atoms with Gasteiger partial charge in [-0.05, 0) is 67.6 Å². The molecule has 0 radical (unpaired) electrons. The monoisotopic (exact) mass is 434 g/mol. The minimum absolute atomic E-state index is 0.272. The molecule has 0 aromatic rings. The molecule has 0 heterocycles. The molecular formula is C10H13Br3O4. The number of hydrogen-bond donors (Lipinski definition) is 0. The van der Waals surface area contributed by atoms with Crippen molar-refractivity contribution in [3.8, 4) is 0 Å². The van der Waals surface area contributed by atoms with Crippen LogP contribution in [0.1, 0.15) is 19.8 Å². The average molecular weight is 437 g/mol. The maximum Gasteiger partial charge on any atom is 0.344 e. The van der Waals surface area contributed by atoms with Gasteiger partial charge in [0.1, 0.15) is 0 Å². The van der Waals surface area contributed by atoms with Gasteiger partial charge in [-0.15, -0.1) is 0 Å². The van der Waals surface area contributed by atoms with E-state index >= 15 is 0 Å². The van der Waals surface area contributed by atoms with Gasteiger partial charge in [-0.3, -0.25) is 0 Å². The van der Waals surface area contributed by atoms with Crippen molar-refractivity contribution in [2.24, 2.45) is 0 Å². The van der Waals surface area contributed by atoms with Crippen LogP contribution < -0.4 is 0 Å². The van der Waals surface area contributed by atoms with Crippen LogP contribution in [0.4, 0.5) is 0 Å². The molecule has 0 bridgehead atoms. The van der Waals surface area contributed by atoms with Crippen LogP contribution in [0, 0.1) is 0 Å². The molecule has 0 fully saturated rings. The van der Waals surface area contributed by atoms with Crippen LogP contribution >= 0.6 is 47.8 Å². The van der Waals surface area contributed by atoms with Crippen LogP contribution in [0.3, 0.4) is 0 Å². The molecule has 17 heavy (non-hydrogen) atoms. The third-order valence-corrected chi connectivity index (χ3v) is 2.56. The highest BCUT2D eigenvalue weighted by atomic mass is 80.0. The van der Waals surface area contributed by atoms with Gasteiger partial charge in [-0.2, -0.15) is 0 Å². The summed E-state index contributed by atoms with van der Waals surface area (Å²) < 4.78 is 8.77. The second-order valence-corrected chi connectivity index (χ2v) is 10.0. The SMILES string of the molecule is C=C(C)C(=O)OCCCCOC(=O)C(Br)(Br)Br. The molecule has 0 aliphatic rings. The van der Waals surface area contributed by atoms with Crippen molar-refractivity contribution >= 4 is 59.7 Å². The number of carbonyl (C=O) groups is 2. The fourth-order valence-corrected chi connectivity index (χ4v) is 1.08. The maximum atomic E-state index is 11.2. The van der Waals surface area contributed by atoms with Gasteiger partial charge < -0.3 is 9.47 Å². The maximum absolute atomic E-state index is 11.2. The predicted octanol–water partition coefficient (Wildman–Crippen LogP) is 3.27. The van der Waals surface area contributed by atoms with E-state index in [4.69, 9.17) is 9.47 Å². The zero-order chi connectivity index (χ0) is 13.5. The zero-order valence-corrected chi connectivity index (χ0v) is 14.1. The van der Waals surface area contributed by atoms with Crippen molar-refractivity contribution in [1.29, 1.82) is 0 Å². The standard InChI is InChI=1S/C10H13Br3O4/c1-7(2)8(14)16-5-3-4-6-17-9(15)10(11,12)13/h1,3-6H2,2H3. The van der Waals surface area contributed by atoms with Gasteiger partial charge in [0.05, 0.1) is 13.2 Å². The lowest BCUT2D eigenvalue weighted by molar-refractivity contribution is -0.143. The van der Waals surface area contributed by atoms with Gasteiger partial charge in [0, 0.05) is 5.57 Å². The topological polar surface area (TPSA) is 52.6 Å². The number of unbranched alkanes of at least 4 members (excludes halogenated alkanes) is 1. The summed E-state index contributed by atoms with van der Waals surface area (Å²) in [6, 6.07) is 0. The van der Waals surface area contributed by atoms with Crippen molar-refractivity contribution in [2.45, 2.75) is 21.9 Å². The highest BCUT2D eigenvalue weighted by molar-refractivity contribution is 9.40. The van der Waals surface area contributed by atoms with Crippen molar-refractivity contribution in [1.82, 2.24) is 0 Å². The van der Waals surface area contributed by atoms with E-state index in [0.717, 1.165) is 0 Å². The molecule has 98 valence electrons. The van der Waals surface area contributed by atoms with E-state index in [2.05, 4.69) is 54.4 Å². The Hall–Kier alpha value is 0.120. The van der Waals surface area contributed by atoms with Crippen LogP contribution in [-0.2, 0) is 19.1 Å². The molecule has 4 nitrogen and oxygen atoms in total. The lowest BCUT2D eigenvalue weighted by Gasteiger charge is -2.11. The largest absolute Gasteiger partial charge is 0.463 e. The summed E-state index contributed by atoms with van der Waals surface area (Å²) >= 11 is 9.12. The molecule has 0 amide bonds. The zero-order valence-electron chi connectivity index (χ0n) is 9.30. The van der Waals surface area contributed by atoms with Gasteiger partial charge in [0.15, 0.2) is 0 Å². The molecule has 0 unspecified atom stereocenters. The number of hydrogen-bond acceptors (Lipinski definition) is 4. The fraction of sp³-hybridized carbons (Fsp3) is 0.600. The molecule has 7 heteroatoms. The second-order valence-electron chi connectivity index (χ2n) is 3.26. The molecule has 0 saturated carbocycles. The molecule has 0 atom stereocenters. The van der Waals surface area contributed by atoms with E-state index in [1.807, 2.05) is 0 Å². The molecular weight excluding hydrogens is 424 g/mol. The molecule has 0 N–H and O–H groups in total. The molecule has 0 spiro atoms. The van der Waals surface area contributed by atoms with Gasteiger partial charge >= 0.3 is 11.9 Å². The highest BCUT2D eigenvalue weighted by Gasteiger charge is 2.30. The summed E-state index contributed by atoms with van der Waals surface area (Å²) in [4.78, 5) is 22.2. The Morgan fingerprint density at radius 3 is 2.00 bits per heavy atom. The first-order chi connectivity index (χ1) is 7.75. The van der Waals surface area contributed by atoms with E-state index in [-0.39, 0.29) is 6.61 Å². The predicted molar refractivity (Wildman–Crippen MR) is 75.5 cm³/mol. The van der Waals surface area contributed by atoms with Crippen molar-refractivity contribution < 1.29 is 19.1 Å². The Bertz CT molecular complexity index is 296. The highest BCUT2D eigenvalue weighted by Crippen LogP contribution is 2.34. The van der Waals surface area contributed by atoms with E-state index in [9.17, 15) is 9.59 Å². The minimum Gasteiger partial charge on any atom is -0.463 e. The van der Waals surface area contributed by atoms with Crippen LogP contribution in [0.25, 0.3) is 0 Å². The number of rotatable bonds is 6. The minimum atomic E-state index is -1.03. The first kappa shape index (κ1) is 17.1. The first-order valence-electron chi connectivity index (χ1n) is 4.81. The van der Waals surface area contributed by atoms with Gasteiger partial charge in [-0.1, -0.05) is 6.58 Å². The molecule has 0 aromatic heterocycles. The summed E-state index contributed by atoms with van der Waals surface area (Å²) in [6.07, 6.45) is 1.25. The van der Waals surface area contributed by atoms with E-state index in [0.29, 0.717) is 25.0 Å². The fourth-order valence-electron chi connectivity index (χ4n) is 0.739. The van der Waals surface area contributed by atoms with Crippen molar-refractivity contribution in [3.63, 3.8) is 0 Å². The Balaban J connectivity index is 3.51. The van der Waals surface area contributed by atoms with Crippen LogP contribution in [0.5, 0.6) is 0 Å². The lowest BCUT2D eigenvalue weighted by atomic mass is 10.3. The summed E-state index contributed by atoms with van der Waals surface area (Å²) in [5.74, 6) is -0.862. The summed E-state index contributed by atoms with van der Waals surface area (Å²) in [5, 5.41) is 0. The van der Waals surface area contributed by atoms with Gasteiger partial charge in [0.25, 0.3) is 0 Å². The number of carbonyl (C=O) groups excluding carboxylic acids is 2. The normalized spacial score (nSPS) is 10.8. The quantitative estimate of drug-likeness (QED) is 0.277. The number of esters is 2. The third-order valence-electron chi connectivity index (χ3n) is 1.58.